The van der Waals surface area contributed by atoms with Crippen molar-refractivity contribution < 1.29 is 13.7 Å². The summed E-state index contributed by atoms with van der Waals surface area (Å²) in [6, 6.07) is 8.11. The molecular formula is C21H32BNO3Si. The molecule has 0 amide bonds. The van der Waals surface area contributed by atoms with Gasteiger partial charge in [-0.15, -0.1) is 0 Å². The zero-order chi connectivity index (χ0) is 20.3. The fourth-order valence-corrected chi connectivity index (χ4v) is 3.88. The third-order valence-corrected chi connectivity index (χ3v) is 10.8. The highest BCUT2D eigenvalue weighted by Crippen LogP contribution is 2.40. The van der Waals surface area contributed by atoms with Gasteiger partial charge < -0.3 is 13.7 Å². The Balaban J connectivity index is 2.05. The van der Waals surface area contributed by atoms with Gasteiger partial charge in [-0.2, -0.15) is 0 Å². The first kappa shape index (κ1) is 20.4. The third-order valence-electron chi connectivity index (χ3n) is 6.44. The Morgan fingerprint density at radius 3 is 2.15 bits per heavy atom. The molecule has 2 aromatic rings. The summed E-state index contributed by atoms with van der Waals surface area (Å²) in [6.45, 7) is 19.5. The van der Waals surface area contributed by atoms with Crippen LogP contribution in [-0.2, 0) is 9.31 Å². The lowest BCUT2D eigenvalue weighted by Crippen LogP contribution is -2.44. The highest BCUT2D eigenvalue weighted by Gasteiger charge is 2.52. The zero-order valence-electron chi connectivity index (χ0n) is 18.1. The molecule has 1 aromatic heterocycles. The van der Waals surface area contributed by atoms with Gasteiger partial charge in [0.2, 0.25) is 0 Å². The molecule has 0 atom stereocenters. The van der Waals surface area contributed by atoms with Crippen LogP contribution in [0.15, 0.2) is 30.5 Å². The number of nitrogens with zero attached hydrogens (tertiary/aromatic N) is 1. The largest absolute Gasteiger partial charge is 0.542 e. The Labute approximate surface area is 164 Å². The van der Waals surface area contributed by atoms with Gasteiger partial charge in [0, 0.05) is 11.6 Å². The van der Waals surface area contributed by atoms with E-state index in [0.29, 0.717) is 0 Å². The van der Waals surface area contributed by atoms with Gasteiger partial charge in [-0.25, -0.2) is 0 Å². The normalized spacial score (nSPS) is 19.5. The van der Waals surface area contributed by atoms with Crippen LogP contribution in [0.3, 0.4) is 0 Å². The second kappa shape index (κ2) is 6.33. The van der Waals surface area contributed by atoms with Crippen molar-refractivity contribution in [1.82, 2.24) is 4.98 Å². The second-order valence-electron chi connectivity index (χ2n) is 10.0. The van der Waals surface area contributed by atoms with Crippen molar-refractivity contribution in [3.05, 3.63) is 30.5 Å². The number of rotatable bonds is 3. The lowest BCUT2D eigenvalue weighted by atomic mass is 9.76. The van der Waals surface area contributed by atoms with Gasteiger partial charge in [-0.05, 0) is 63.4 Å². The van der Waals surface area contributed by atoms with Gasteiger partial charge in [0.25, 0.3) is 8.32 Å². The molecule has 1 aromatic carbocycles. The number of hydrogen-bond donors (Lipinski definition) is 0. The summed E-state index contributed by atoms with van der Waals surface area (Å²) in [5, 5.41) is 1.14. The topological polar surface area (TPSA) is 40.6 Å². The summed E-state index contributed by atoms with van der Waals surface area (Å²) < 4.78 is 19.1. The Morgan fingerprint density at radius 2 is 1.59 bits per heavy atom. The van der Waals surface area contributed by atoms with Crippen LogP contribution < -0.4 is 9.89 Å². The molecule has 146 valence electrons. The summed E-state index contributed by atoms with van der Waals surface area (Å²) in [5.74, 6) is 0.845. The van der Waals surface area contributed by atoms with Gasteiger partial charge in [0.1, 0.15) is 11.3 Å². The Bertz CT molecular complexity index is 842. The number of benzene rings is 1. The van der Waals surface area contributed by atoms with Crippen LogP contribution in [0.1, 0.15) is 48.5 Å². The van der Waals surface area contributed by atoms with Gasteiger partial charge in [0.15, 0.2) is 0 Å². The highest BCUT2D eigenvalue weighted by molar-refractivity contribution is 6.75. The highest BCUT2D eigenvalue weighted by atomic mass is 28.4. The van der Waals surface area contributed by atoms with Crippen molar-refractivity contribution in [1.29, 1.82) is 0 Å². The predicted octanol–water partition coefficient (Wildman–Crippen LogP) is 4.92. The zero-order valence-corrected chi connectivity index (χ0v) is 19.1. The minimum Gasteiger partial charge on any atom is -0.542 e. The van der Waals surface area contributed by atoms with Gasteiger partial charge >= 0.3 is 7.12 Å². The molecule has 27 heavy (non-hydrogen) atoms. The Morgan fingerprint density at radius 1 is 1.00 bits per heavy atom. The van der Waals surface area contributed by atoms with Crippen LogP contribution >= 0.6 is 0 Å². The average molecular weight is 385 g/mol. The molecule has 1 fully saturated rings. The van der Waals surface area contributed by atoms with E-state index in [4.69, 9.17) is 13.7 Å². The van der Waals surface area contributed by atoms with Crippen LogP contribution in [0.5, 0.6) is 5.75 Å². The molecule has 3 rings (SSSR count). The first-order chi connectivity index (χ1) is 12.3. The van der Waals surface area contributed by atoms with Crippen LogP contribution in [0.2, 0.25) is 18.1 Å². The first-order valence-electron chi connectivity index (χ1n) is 9.67. The van der Waals surface area contributed by atoms with E-state index in [2.05, 4.69) is 78.7 Å². The third kappa shape index (κ3) is 3.55. The van der Waals surface area contributed by atoms with E-state index in [0.717, 1.165) is 22.1 Å². The molecule has 0 N–H and O–H groups in total. The van der Waals surface area contributed by atoms with E-state index in [-0.39, 0.29) is 16.2 Å². The molecule has 0 bridgehead atoms. The maximum absolute atomic E-state index is 6.57. The SMILES string of the molecule is CC1(C)OB(c2ccc(O[Si](C)(C)C(C)(C)C)c3ncccc23)OC1(C)C. The van der Waals surface area contributed by atoms with Crippen molar-refractivity contribution in [3.8, 4) is 5.75 Å². The van der Waals surface area contributed by atoms with Crippen molar-refractivity contribution in [3.63, 3.8) is 0 Å². The predicted molar refractivity (Wildman–Crippen MR) is 115 cm³/mol. The summed E-state index contributed by atoms with van der Waals surface area (Å²) >= 11 is 0. The molecule has 2 heterocycles. The van der Waals surface area contributed by atoms with Crippen LogP contribution in [-0.4, -0.2) is 31.6 Å². The smallest absolute Gasteiger partial charge is 0.495 e. The molecule has 1 aliphatic heterocycles. The van der Waals surface area contributed by atoms with Crippen molar-refractivity contribution in [2.24, 2.45) is 0 Å². The minimum atomic E-state index is -1.96. The van der Waals surface area contributed by atoms with Crippen molar-refractivity contribution in [2.45, 2.75) is 77.8 Å². The summed E-state index contributed by atoms with van der Waals surface area (Å²) in [7, 11) is -2.37. The molecule has 6 heteroatoms. The van der Waals surface area contributed by atoms with E-state index >= 15 is 0 Å². The summed E-state index contributed by atoms with van der Waals surface area (Å²) in [6.07, 6.45) is 1.81. The molecule has 1 aliphatic rings. The lowest BCUT2D eigenvalue weighted by Gasteiger charge is -2.36. The van der Waals surface area contributed by atoms with E-state index in [1.54, 1.807) is 0 Å². The number of hydrogen-bond acceptors (Lipinski definition) is 4. The molecule has 4 nitrogen and oxygen atoms in total. The van der Waals surface area contributed by atoms with Gasteiger partial charge in [0.05, 0.1) is 11.2 Å². The molecule has 0 aliphatic carbocycles. The number of pyridine rings is 1. The lowest BCUT2D eigenvalue weighted by molar-refractivity contribution is 0.00578. The Hall–Kier alpha value is -1.37. The monoisotopic (exact) mass is 385 g/mol. The standard InChI is InChI=1S/C21H32BNO3Si/c1-19(2,3)27(8,9)24-17-13-12-16(15-11-10-14-23-18(15)17)22-25-20(4,5)21(6,7)26-22/h10-14H,1-9H3. The van der Waals surface area contributed by atoms with E-state index in [9.17, 15) is 0 Å². The maximum Gasteiger partial charge on any atom is 0.495 e. The quantitative estimate of drug-likeness (QED) is 0.704. The molecule has 1 saturated heterocycles. The van der Waals surface area contributed by atoms with Crippen LogP contribution in [0.25, 0.3) is 10.9 Å². The Kier molecular flexibility index (Phi) is 4.77. The molecular weight excluding hydrogens is 353 g/mol. The van der Waals surface area contributed by atoms with E-state index < -0.39 is 15.4 Å². The molecule has 0 unspecified atom stereocenters. The summed E-state index contributed by atoms with van der Waals surface area (Å²) in [4.78, 5) is 4.64. The van der Waals surface area contributed by atoms with E-state index in [1.165, 1.54) is 0 Å². The van der Waals surface area contributed by atoms with Crippen LogP contribution in [0.4, 0.5) is 0 Å². The number of fused-ring (bicyclic) bond motifs is 1. The van der Waals surface area contributed by atoms with Gasteiger partial charge in [-0.1, -0.05) is 32.9 Å². The fourth-order valence-electron chi connectivity index (χ4n) is 2.85. The summed E-state index contributed by atoms with van der Waals surface area (Å²) in [5.41, 5.74) is 1.12. The van der Waals surface area contributed by atoms with Gasteiger partial charge in [-0.3, -0.25) is 4.98 Å². The first-order valence-corrected chi connectivity index (χ1v) is 12.6. The van der Waals surface area contributed by atoms with Crippen molar-refractivity contribution in [2.75, 3.05) is 0 Å². The minimum absolute atomic E-state index is 0.124. The van der Waals surface area contributed by atoms with Crippen LogP contribution in [0, 0.1) is 0 Å². The molecule has 0 spiro atoms. The fraction of sp³-hybridized carbons (Fsp3) is 0.571. The van der Waals surface area contributed by atoms with Crippen molar-refractivity contribution >= 4 is 31.8 Å². The number of aromatic nitrogens is 1. The average Bonchev–Trinajstić information content (AvgIpc) is 2.74. The molecule has 0 saturated carbocycles. The van der Waals surface area contributed by atoms with E-state index in [1.807, 2.05) is 18.3 Å². The molecule has 0 radical (unpaired) electrons. The second-order valence-corrected chi connectivity index (χ2v) is 14.7. The maximum atomic E-state index is 6.57.